The molecule has 0 aliphatic rings. The molecule has 2 rings (SSSR count). The number of hydrogen-bond acceptors (Lipinski definition) is 1. The highest BCUT2D eigenvalue weighted by Crippen LogP contribution is 2.17. The van der Waals surface area contributed by atoms with E-state index in [1.165, 1.54) is 0 Å². The predicted octanol–water partition coefficient (Wildman–Crippen LogP) is 1.67. The summed E-state index contributed by atoms with van der Waals surface area (Å²) >= 11 is 0. The number of H-pyrrole nitrogens is 1. The van der Waals surface area contributed by atoms with Gasteiger partial charge in [0, 0.05) is 17.0 Å². The Bertz CT molecular complexity index is 318. The smallest absolute Gasteiger partial charge is 0.189 e. The van der Waals surface area contributed by atoms with Crippen LogP contribution in [-0.2, 0) is 0 Å². The second kappa shape index (κ2) is 1.77. The highest BCUT2D eigenvalue weighted by atomic mass is 16.3. The van der Waals surface area contributed by atoms with Gasteiger partial charge in [0.25, 0.3) is 0 Å². The number of nitrogens with one attached hydrogen (secondary N) is 1. The zero-order valence-corrected chi connectivity index (χ0v) is 5.26. The first-order valence-electron chi connectivity index (χ1n) is 3.04. The number of aromatic hydroxyl groups is 1. The fourth-order valence-corrected chi connectivity index (χ4v) is 0.998. The van der Waals surface area contributed by atoms with Crippen LogP contribution in [0.2, 0.25) is 0 Å². The van der Waals surface area contributed by atoms with Gasteiger partial charge in [0.2, 0.25) is 0 Å². The van der Waals surface area contributed by atoms with Crippen LogP contribution in [0.5, 0.6) is 5.88 Å². The molecule has 2 N–H and O–H groups in total. The minimum atomic E-state index is 0.203. The van der Waals surface area contributed by atoms with Crippen LogP contribution in [0.3, 0.4) is 0 Å². The summed E-state index contributed by atoms with van der Waals surface area (Å²) in [7, 11) is 0. The second-order valence-electron chi connectivity index (χ2n) is 2.17. The van der Waals surface area contributed by atoms with E-state index in [1.54, 1.807) is 12.1 Å². The predicted molar refractivity (Wildman–Crippen MR) is 38.8 cm³/mol. The summed E-state index contributed by atoms with van der Waals surface area (Å²) in [6.07, 6.45) is 0. The Balaban J connectivity index is 2.88. The number of aromatic amines is 1. The number of benzene rings is 1. The maximum absolute atomic E-state index is 8.99. The lowest BCUT2D eigenvalue weighted by atomic mass is 10.3. The van der Waals surface area contributed by atoms with E-state index in [9.17, 15) is 0 Å². The normalized spacial score (nSPS) is 10.4. The Hall–Kier alpha value is -1.44. The standard InChI is InChI=1S/C8H6NO/c10-8-5-6-3-1-2-4-7(6)9-8/h2-5,9-10H. The van der Waals surface area contributed by atoms with Crippen molar-refractivity contribution >= 4 is 10.9 Å². The van der Waals surface area contributed by atoms with E-state index in [0.717, 1.165) is 10.9 Å². The molecule has 49 valence electrons. The molecule has 0 aliphatic carbocycles. The monoisotopic (exact) mass is 132 g/mol. The molecule has 2 heteroatoms. The third-order valence-corrected chi connectivity index (χ3v) is 1.45. The van der Waals surface area contributed by atoms with Crippen LogP contribution in [0.15, 0.2) is 24.3 Å². The van der Waals surface area contributed by atoms with Crippen molar-refractivity contribution < 1.29 is 5.11 Å². The Labute approximate surface area is 58.1 Å². The lowest BCUT2D eigenvalue weighted by Crippen LogP contribution is -1.63. The largest absolute Gasteiger partial charge is 0.495 e. The van der Waals surface area contributed by atoms with Crippen molar-refractivity contribution in [2.24, 2.45) is 0 Å². The Kier molecular flexibility index (Phi) is 0.947. The van der Waals surface area contributed by atoms with Crippen LogP contribution < -0.4 is 0 Å². The molecule has 0 amide bonds. The first-order chi connectivity index (χ1) is 4.86. The minimum absolute atomic E-state index is 0.203. The van der Waals surface area contributed by atoms with Crippen LogP contribution >= 0.6 is 0 Å². The van der Waals surface area contributed by atoms with E-state index in [-0.39, 0.29) is 5.88 Å². The SMILES string of the molecule is Oc1cc2c[c]ccc2[nH]1. The summed E-state index contributed by atoms with van der Waals surface area (Å²) in [4.78, 5) is 2.79. The van der Waals surface area contributed by atoms with Gasteiger partial charge in [-0.2, -0.15) is 0 Å². The van der Waals surface area contributed by atoms with Crippen LogP contribution in [-0.4, -0.2) is 10.1 Å². The summed E-state index contributed by atoms with van der Waals surface area (Å²) in [6, 6.07) is 10.1. The van der Waals surface area contributed by atoms with Crippen molar-refractivity contribution in [2.45, 2.75) is 0 Å². The third-order valence-electron chi connectivity index (χ3n) is 1.45. The molecule has 0 unspecified atom stereocenters. The van der Waals surface area contributed by atoms with Gasteiger partial charge in [-0.1, -0.05) is 6.07 Å². The second-order valence-corrected chi connectivity index (χ2v) is 2.17. The first-order valence-corrected chi connectivity index (χ1v) is 3.04. The van der Waals surface area contributed by atoms with Crippen molar-refractivity contribution in [1.82, 2.24) is 4.98 Å². The van der Waals surface area contributed by atoms with Gasteiger partial charge in [0.05, 0.1) is 0 Å². The zero-order valence-electron chi connectivity index (χ0n) is 5.26. The van der Waals surface area contributed by atoms with Crippen LogP contribution in [0.4, 0.5) is 0 Å². The lowest BCUT2D eigenvalue weighted by Gasteiger charge is -1.82. The molecule has 1 heterocycles. The molecule has 0 saturated carbocycles. The molecule has 0 bridgehead atoms. The molecule has 1 aromatic carbocycles. The molecule has 0 fully saturated rings. The third kappa shape index (κ3) is 0.658. The van der Waals surface area contributed by atoms with Gasteiger partial charge in [-0.05, 0) is 18.2 Å². The highest BCUT2D eigenvalue weighted by molar-refractivity contribution is 5.80. The van der Waals surface area contributed by atoms with Gasteiger partial charge < -0.3 is 10.1 Å². The summed E-state index contributed by atoms with van der Waals surface area (Å²) in [5.41, 5.74) is 0.941. The molecule has 0 aliphatic heterocycles. The average molecular weight is 132 g/mol. The van der Waals surface area contributed by atoms with Crippen LogP contribution in [0, 0.1) is 6.07 Å². The summed E-state index contributed by atoms with van der Waals surface area (Å²) in [6.45, 7) is 0. The molecule has 1 radical (unpaired) electrons. The van der Waals surface area contributed by atoms with Crippen molar-refractivity contribution in [3.63, 3.8) is 0 Å². The van der Waals surface area contributed by atoms with Gasteiger partial charge in [-0.3, -0.25) is 0 Å². The van der Waals surface area contributed by atoms with E-state index in [4.69, 9.17) is 5.11 Å². The van der Waals surface area contributed by atoms with Crippen molar-refractivity contribution in [1.29, 1.82) is 0 Å². The molecule has 0 atom stereocenters. The molecule has 1 aromatic heterocycles. The van der Waals surface area contributed by atoms with Crippen molar-refractivity contribution in [2.75, 3.05) is 0 Å². The molecular weight excluding hydrogens is 126 g/mol. The Morgan fingerprint density at radius 3 is 3.20 bits per heavy atom. The number of rotatable bonds is 0. The van der Waals surface area contributed by atoms with Crippen LogP contribution in [0.25, 0.3) is 10.9 Å². The Morgan fingerprint density at radius 1 is 1.50 bits per heavy atom. The van der Waals surface area contributed by atoms with E-state index in [1.807, 2.05) is 12.1 Å². The lowest BCUT2D eigenvalue weighted by molar-refractivity contribution is 0.458. The molecular formula is C8H6NO. The van der Waals surface area contributed by atoms with Gasteiger partial charge >= 0.3 is 0 Å². The molecule has 2 aromatic rings. The van der Waals surface area contributed by atoms with Gasteiger partial charge in [-0.25, -0.2) is 0 Å². The number of fused-ring (bicyclic) bond motifs is 1. The number of aromatic nitrogens is 1. The topological polar surface area (TPSA) is 36.0 Å². The summed E-state index contributed by atoms with van der Waals surface area (Å²) < 4.78 is 0. The van der Waals surface area contributed by atoms with E-state index in [2.05, 4.69) is 11.1 Å². The average Bonchev–Trinajstić information content (AvgIpc) is 2.27. The fourth-order valence-electron chi connectivity index (χ4n) is 0.998. The molecule has 0 spiro atoms. The fraction of sp³-hybridized carbons (Fsp3) is 0. The van der Waals surface area contributed by atoms with Crippen LogP contribution in [0.1, 0.15) is 0 Å². The van der Waals surface area contributed by atoms with Gasteiger partial charge in [0.1, 0.15) is 0 Å². The summed E-state index contributed by atoms with van der Waals surface area (Å²) in [5, 5.41) is 9.97. The molecule has 10 heavy (non-hydrogen) atoms. The van der Waals surface area contributed by atoms with E-state index < -0.39 is 0 Å². The maximum atomic E-state index is 8.99. The number of hydrogen-bond donors (Lipinski definition) is 2. The highest BCUT2D eigenvalue weighted by Gasteiger charge is 1.94. The minimum Gasteiger partial charge on any atom is -0.495 e. The molecule has 2 nitrogen and oxygen atoms in total. The van der Waals surface area contributed by atoms with Gasteiger partial charge in [-0.15, -0.1) is 0 Å². The molecule has 0 saturated heterocycles. The first kappa shape index (κ1) is 5.35. The van der Waals surface area contributed by atoms with E-state index in [0.29, 0.717) is 0 Å². The Morgan fingerprint density at radius 2 is 2.40 bits per heavy atom. The quantitative estimate of drug-likeness (QED) is 0.562. The van der Waals surface area contributed by atoms with Crippen molar-refractivity contribution in [3.05, 3.63) is 30.3 Å². The summed E-state index contributed by atoms with van der Waals surface area (Å²) in [5.74, 6) is 0.203. The zero-order chi connectivity index (χ0) is 6.97. The van der Waals surface area contributed by atoms with Gasteiger partial charge in [0.15, 0.2) is 5.88 Å². The van der Waals surface area contributed by atoms with Crippen molar-refractivity contribution in [3.8, 4) is 5.88 Å². The van der Waals surface area contributed by atoms with E-state index >= 15 is 0 Å². The maximum Gasteiger partial charge on any atom is 0.189 e.